The van der Waals surface area contributed by atoms with E-state index in [1.54, 1.807) is 11.0 Å². The second kappa shape index (κ2) is 7.16. The van der Waals surface area contributed by atoms with Gasteiger partial charge in [-0.05, 0) is 31.7 Å². The van der Waals surface area contributed by atoms with Crippen molar-refractivity contribution in [2.75, 3.05) is 23.4 Å². The zero-order valence-electron chi connectivity index (χ0n) is 14.4. The van der Waals surface area contributed by atoms with Crippen LogP contribution < -0.4 is 21.7 Å². The Morgan fingerprint density at radius 1 is 1.31 bits per heavy atom. The molecule has 10 heteroatoms. The number of nitrogens with one attached hydrogen (secondary N) is 1. The Morgan fingerprint density at radius 3 is 2.69 bits per heavy atom. The molecule has 0 unspecified atom stereocenters. The van der Waals surface area contributed by atoms with Gasteiger partial charge in [0, 0.05) is 18.7 Å². The maximum Gasteiger partial charge on any atom is 0.271 e. The molecule has 26 heavy (non-hydrogen) atoms. The predicted molar refractivity (Wildman–Crippen MR) is 100 cm³/mol. The van der Waals surface area contributed by atoms with Crippen molar-refractivity contribution >= 4 is 29.0 Å². The van der Waals surface area contributed by atoms with E-state index in [1.165, 1.54) is 12.1 Å². The van der Waals surface area contributed by atoms with Gasteiger partial charge in [-0.3, -0.25) is 15.0 Å². The highest BCUT2D eigenvalue weighted by Gasteiger charge is 2.43. The van der Waals surface area contributed by atoms with Crippen molar-refractivity contribution in [3.63, 3.8) is 0 Å². The van der Waals surface area contributed by atoms with Gasteiger partial charge in [-0.1, -0.05) is 6.42 Å². The number of benzene rings is 1. The van der Waals surface area contributed by atoms with Gasteiger partial charge in [-0.15, -0.1) is 0 Å². The Kier molecular flexibility index (Phi) is 4.94. The third-order valence-electron chi connectivity index (χ3n) is 4.71. The molecule has 0 saturated heterocycles. The number of hydrogen-bond donors (Lipinski definition) is 4. The van der Waals surface area contributed by atoms with Crippen LogP contribution in [0.2, 0.25) is 0 Å². The van der Waals surface area contributed by atoms with Gasteiger partial charge in [0.25, 0.3) is 5.69 Å². The summed E-state index contributed by atoms with van der Waals surface area (Å²) in [4.78, 5) is 21.2. The lowest BCUT2D eigenvalue weighted by Gasteiger charge is -2.46. The van der Waals surface area contributed by atoms with Crippen molar-refractivity contribution in [3.05, 3.63) is 28.3 Å². The second-order valence-electron chi connectivity index (χ2n) is 6.43. The number of rotatable bonds is 5. The van der Waals surface area contributed by atoms with Gasteiger partial charge in [-0.2, -0.15) is 4.99 Å². The molecule has 1 heterocycles. The van der Waals surface area contributed by atoms with Crippen LogP contribution in [0.3, 0.4) is 0 Å². The lowest BCUT2D eigenvalue weighted by molar-refractivity contribution is -0.384. The summed E-state index contributed by atoms with van der Waals surface area (Å²) in [5.74, 6) is 0.280. The summed E-state index contributed by atoms with van der Waals surface area (Å²) >= 11 is 0. The standard InChI is InChI=1S/C16H23N7O3/c17-14-20-15(18)22(16(21-14)6-2-1-3-7-16)13-10-11(23(25)26)4-5-12(13)19-8-9-24/h4-5,10,19,24H,1-3,6-9H2,(H4,17,18,20,21). The molecular weight excluding hydrogens is 338 g/mol. The second-order valence-corrected chi connectivity index (χ2v) is 6.43. The van der Waals surface area contributed by atoms with Crippen molar-refractivity contribution < 1.29 is 10.0 Å². The molecule has 1 spiro atoms. The third-order valence-corrected chi connectivity index (χ3v) is 4.71. The van der Waals surface area contributed by atoms with Gasteiger partial charge >= 0.3 is 0 Å². The van der Waals surface area contributed by atoms with E-state index < -0.39 is 10.6 Å². The Bertz CT molecular complexity index is 756. The number of aliphatic hydroxyl groups is 1. The molecule has 0 bridgehead atoms. The average Bonchev–Trinajstić information content (AvgIpc) is 2.60. The fourth-order valence-corrected chi connectivity index (χ4v) is 3.63. The number of nitro groups is 1. The first-order valence-corrected chi connectivity index (χ1v) is 8.60. The van der Waals surface area contributed by atoms with Gasteiger partial charge in [0.1, 0.15) is 5.66 Å². The molecule has 0 atom stereocenters. The van der Waals surface area contributed by atoms with Gasteiger partial charge in [0.2, 0.25) is 11.9 Å². The zero-order valence-corrected chi connectivity index (χ0v) is 14.4. The quantitative estimate of drug-likeness (QED) is 0.452. The molecule has 10 nitrogen and oxygen atoms in total. The highest BCUT2D eigenvalue weighted by molar-refractivity contribution is 6.07. The minimum Gasteiger partial charge on any atom is -0.395 e. The first-order valence-electron chi connectivity index (χ1n) is 8.60. The number of hydrogen-bond acceptors (Lipinski definition) is 9. The average molecular weight is 361 g/mol. The molecule has 3 rings (SSSR count). The van der Waals surface area contributed by atoms with Crippen LogP contribution in [-0.2, 0) is 0 Å². The van der Waals surface area contributed by atoms with Crippen LogP contribution in [0.1, 0.15) is 32.1 Å². The van der Waals surface area contributed by atoms with Crippen LogP contribution in [0.15, 0.2) is 28.2 Å². The SMILES string of the molecule is NC1=NC2(CCCCC2)N(c2cc([N+](=O)[O-])ccc2NCCO)C(N)=N1. The molecule has 1 aliphatic heterocycles. The smallest absolute Gasteiger partial charge is 0.271 e. The van der Waals surface area contributed by atoms with E-state index in [-0.39, 0.29) is 24.2 Å². The van der Waals surface area contributed by atoms with Gasteiger partial charge in [0.05, 0.1) is 22.9 Å². The van der Waals surface area contributed by atoms with Crippen LogP contribution in [0.25, 0.3) is 0 Å². The lowest BCUT2D eigenvalue weighted by atomic mass is 9.87. The van der Waals surface area contributed by atoms with E-state index in [4.69, 9.17) is 16.6 Å². The maximum absolute atomic E-state index is 11.3. The summed E-state index contributed by atoms with van der Waals surface area (Å²) in [7, 11) is 0. The van der Waals surface area contributed by atoms with E-state index >= 15 is 0 Å². The number of nitrogens with zero attached hydrogens (tertiary/aromatic N) is 4. The molecule has 1 fully saturated rings. The van der Waals surface area contributed by atoms with E-state index in [2.05, 4.69) is 15.3 Å². The van der Waals surface area contributed by atoms with Crippen molar-refractivity contribution in [2.45, 2.75) is 37.8 Å². The van der Waals surface area contributed by atoms with Crippen molar-refractivity contribution in [1.29, 1.82) is 0 Å². The highest BCUT2D eigenvalue weighted by atomic mass is 16.6. The summed E-state index contributed by atoms with van der Waals surface area (Å²) in [6.45, 7) is 0.227. The first-order chi connectivity index (χ1) is 12.5. The van der Waals surface area contributed by atoms with E-state index in [1.807, 2.05) is 0 Å². The minimum atomic E-state index is -0.695. The summed E-state index contributed by atoms with van der Waals surface area (Å²) in [5.41, 5.74) is 12.4. The number of non-ortho nitro benzene ring substituents is 1. The molecule has 1 aromatic rings. The van der Waals surface area contributed by atoms with Gasteiger partial charge < -0.3 is 21.9 Å². The number of nitrogens with two attached hydrogens (primary N) is 2. The lowest BCUT2D eigenvalue weighted by Crippen LogP contribution is -2.58. The molecule has 2 aliphatic rings. The minimum absolute atomic E-state index is 0.0594. The van der Waals surface area contributed by atoms with Crippen molar-refractivity contribution in [1.82, 2.24) is 0 Å². The fraction of sp³-hybridized carbons (Fsp3) is 0.500. The first kappa shape index (κ1) is 17.9. The summed E-state index contributed by atoms with van der Waals surface area (Å²) < 4.78 is 0. The van der Waals surface area contributed by atoms with Crippen molar-refractivity contribution in [2.24, 2.45) is 21.5 Å². The molecule has 140 valence electrons. The van der Waals surface area contributed by atoms with E-state index in [0.717, 1.165) is 32.1 Å². The van der Waals surface area contributed by atoms with Crippen LogP contribution in [-0.4, -0.2) is 40.8 Å². The molecule has 0 radical (unpaired) electrons. The number of aliphatic hydroxyl groups excluding tert-OH is 1. The monoisotopic (exact) mass is 361 g/mol. The summed E-state index contributed by atoms with van der Waals surface area (Å²) in [6, 6.07) is 4.47. The summed E-state index contributed by atoms with van der Waals surface area (Å²) in [5, 5.41) is 23.5. The van der Waals surface area contributed by atoms with Crippen LogP contribution in [0, 0.1) is 10.1 Å². The van der Waals surface area contributed by atoms with Gasteiger partial charge in [0.15, 0.2) is 0 Å². The number of guanidine groups is 2. The van der Waals surface area contributed by atoms with Crippen LogP contribution in [0.5, 0.6) is 0 Å². The van der Waals surface area contributed by atoms with E-state index in [0.29, 0.717) is 17.9 Å². The topological polar surface area (TPSA) is 155 Å². The number of nitro benzene ring substituents is 1. The Labute approximate surface area is 150 Å². The Hall–Kier alpha value is -2.88. The molecule has 6 N–H and O–H groups in total. The number of anilines is 2. The van der Waals surface area contributed by atoms with Crippen LogP contribution in [0.4, 0.5) is 17.1 Å². The predicted octanol–water partition coefficient (Wildman–Crippen LogP) is 1.11. The fourth-order valence-electron chi connectivity index (χ4n) is 3.63. The Morgan fingerprint density at radius 2 is 2.04 bits per heavy atom. The largest absolute Gasteiger partial charge is 0.395 e. The molecule has 0 amide bonds. The molecule has 0 aromatic heterocycles. The zero-order chi connectivity index (χ0) is 18.7. The molecule has 1 aliphatic carbocycles. The summed E-state index contributed by atoms with van der Waals surface area (Å²) in [6.07, 6.45) is 4.45. The molecular formula is C16H23N7O3. The third kappa shape index (κ3) is 3.27. The number of aliphatic imine (C=N–C) groups is 2. The molecule has 1 aromatic carbocycles. The van der Waals surface area contributed by atoms with Crippen molar-refractivity contribution in [3.8, 4) is 0 Å². The normalized spacial score (nSPS) is 19.0. The van der Waals surface area contributed by atoms with E-state index in [9.17, 15) is 10.1 Å². The Balaban J connectivity index is 2.13. The molecule has 1 saturated carbocycles. The highest BCUT2D eigenvalue weighted by Crippen LogP contribution is 2.42. The maximum atomic E-state index is 11.3. The van der Waals surface area contributed by atoms with Crippen LogP contribution >= 0.6 is 0 Å². The van der Waals surface area contributed by atoms with Gasteiger partial charge in [-0.25, -0.2) is 4.99 Å².